The van der Waals surface area contributed by atoms with E-state index in [-0.39, 0.29) is 19.3 Å². The van der Waals surface area contributed by atoms with Crippen LogP contribution in [0.15, 0.2) is 10.7 Å². The van der Waals surface area contributed by atoms with Crippen molar-refractivity contribution in [1.29, 1.82) is 0 Å². The molecule has 1 rings (SSSR count). The average molecular weight is 392 g/mol. The molecule has 0 saturated carbocycles. The van der Waals surface area contributed by atoms with Gasteiger partial charge in [-0.3, -0.25) is 4.79 Å². The van der Waals surface area contributed by atoms with Crippen molar-refractivity contribution in [2.24, 2.45) is 0 Å². The van der Waals surface area contributed by atoms with Crippen molar-refractivity contribution in [3.8, 4) is 0 Å². The Morgan fingerprint density at radius 3 is 2.73 bits per heavy atom. The summed E-state index contributed by atoms with van der Waals surface area (Å²) in [7, 11) is 0. The van der Waals surface area contributed by atoms with Crippen LogP contribution in [0.3, 0.4) is 0 Å². The van der Waals surface area contributed by atoms with Crippen LogP contribution >= 0.6 is 38.5 Å². The van der Waals surface area contributed by atoms with Gasteiger partial charge in [0.1, 0.15) is 3.70 Å². The number of hydrogen-bond acceptors (Lipinski definition) is 2. The summed E-state index contributed by atoms with van der Waals surface area (Å²) in [5, 5.41) is 8.60. The van der Waals surface area contributed by atoms with Gasteiger partial charge in [0.2, 0.25) is 0 Å². The van der Waals surface area contributed by atoms with Gasteiger partial charge in [0, 0.05) is 21.8 Å². The van der Waals surface area contributed by atoms with Crippen molar-refractivity contribution in [3.05, 3.63) is 25.5 Å². The lowest BCUT2D eigenvalue weighted by molar-refractivity contribution is -0.136. The number of pyridine rings is 1. The molecule has 1 N–H and O–H groups in total. The Bertz CT molecular complexity index is 400. The number of aromatic nitrogens is 1. The molecule has 82 valence electrons. The zero-order valence-corrected chi connectivity index (χ0v) is 10.9. The highest BCUT2D eigenvalue weighted by atomic mass is 127. The largest absolute Gasteiger partial charge is 0.481 e. The summed E-state index contributed by atoms with van der Waals surface area (Å²) < 4.78 is 25.7. The first-order valence-electron chi connectivity index (χ1n) is 3.76. The molecule has 0 bridgehead atoms. The van der Waals surface area contributed by atoms with E-state index >= 15 is 0 Å². The first kappa shape index (κ1) is 12.8. The van der Waals surface area contributed by atoms with E-state index in [1.807, 2.05) is 0 Å². The minimum absolute atomic E-state index is 0.0625. The van der Waals surface area contributed by atoms with E-state index in [4.69, 9.17) is 5.11 Å². The van der Waals surface area contributed by atoms with E-state index in [9.17, 15) is 13.6 Å². The summed E-state index contributed by atoms with van der Waals surface area (Å²) in [6.07, 6.45) is -1.93. The number of aliphatic carboxylic acids is 1. The number of halogens is 4. The number of carboxylic acid groups (broad SMARTS) is 1. The summed E-state index contributed by atoms with van der Waals surface area (Å²) in [6.45, 7) is 0. The van der Waals surface area contributed by atoms with Gasteiger partial charge >= 0.3 is 5.97 Å². The molecule has 1 aromatic heterocycles. The number of nitrogens with zero attached hydrogens (tertiary/aromatic N) is 1. The Labute approximate surface area is 106 Å². The lowest BCUT2D eigenvalue weighted by Crippen LogP contribution is -2.08. The van der Waals surface area contributed by atoms with Crippen LogP contribution in [0.1, 0.15) is 17.6 Å². The van der Waals surface area contributed by atoms with Crippen LogP contribution in [0.5, 0.6) is 0 Å². The zero-order valence-electron chi connectivity index (χ0n) is 7.18. The summed E-state index contributed by atoms with van der Waals surface area (Å²) >= 11 is 4.67. The molecule has 0 radical (unpaired) electrons. The molecule has 3 nitrogen and oxygen atoms in total. The Morgan fingerprint density at radius 1 is 1.67 bits per heavy atom. The van der Waals surface area contributed by atoms with E-state index in [2.05, 4.69) is 20.9 Å². The van der Waals surface area contributed by atoms with E-state index < -0.39 is 18.8 Å². The van der Waals surface area contributed by atoms with Gasteiger partial charge in [-0.1, -0.05) is 0 Å². The van der Waals surface area contributed by atoms with Crippen molar-refractivity contribution in [2.45, 2.75) is 12.8 Å². The molecule has 7 heteroatoms. The minimum atomic E-state index is -2.72. The molecule has 0 aliphatic rings. The third-order valence-corrected chi connectivity index (χ3v) is 3.23. The van der Waals surface area contributed by atoms with Crippen LogP contribution in [0.25, 0.3) is 0 Å². The van der Waals surface area contributed by atoms with Crippen molar-refractivity contribution < 1.29 is 18.7 Å². The number of alkyl halides is 2. The molecule has 0 aliphatic heterocycles. The summed E-state index contributed by atoms with van der Waals surface area (Å²) in [6, 6.07) is 0. The Hall–Kier alpha value is -0.310. The second kappa shape index (κ2) is 5.15. The average Bonchev–Trinajstić information content (AvgIpc) is 2.10. The molecule has 0 saturated heterocycles. The maximum absolute atomic E-state index is 12.7. The maximum atomic E-state index is 12.7. The number of carbonyl (C=O) groups is 1. The highest BCUT2D eigenvalue weighted by Crippen LogP contribution is 2.32. The van der Waals surface area contributed by atoms with Crippen LogP contribution in [-0.4, -0.2) is 16.1 Å². The second-order valence-electron chi connectivity index (χ2n) is 2.66. The van der Waals surface area contributed by atoms with Crippen molar-refractivity contribution >= 4 is 44.5 Å². The molecular formula is C8H5BrF2INO2. The third kappa shape index (κ3) is 3.07. The first-order chi connectivity index (χ1) is 6.93. The maximum Gasteiger partial charge on any atom is 0.307 e. The summed E-state index contributed by atoms with van der Waals surface area (Å²) in [4.78, 5) is 14.3. The van der Waals surface area contributed by atoms with Crippen molar-refractivity contribution in [3.63, 3.8) is 0 Å². The van der Waals surface area contributed by atoms with Gasteiger partial charge in [-0.15, -0.1) is 0 Å². The Balaban J connectivity index is 3.31. The van der Waals surface area contributed by atoms with Gasteiger partial charge in [-0.05, 0) is 38.5 Å². The quantitative estimate of drug-likeness (QED) is 0.636. The second-order valence-corrected chi connectivity index (χ2v) is 4.54. The SMILES string of the molecule is O=C(O)Cc1c(I)ncc(Br)c1C(F)F. The normalized spacial score (nSPS) is 10.7. The van der Waals surface area contributed by atoms with Crippen LogP contribution in [0.4, 0.5) is 8.78 Å². The van der Waals surface area contributed by atoms with Crippen LogP contribution in [0.2, 0.25) is 0 Å². The smallest absolute Gasteiger partial charge is 0.307 e. The number of rotatable bonds is 3. The fraction of sp³-hybridized carbons (Fsp3) is 0.250. The van der Waals surface area contributed by atoms with Crippen LogP contribution in [-0.2, 0) is 11.2 Å². The molecule has 0 fully saturated rings. The van der Waals surface area contributed by atoms with Crippen molar-refractivity contribution in [2.75, 3.05) is 0 Å². The molecule has 0 unspecified atom stereocenters. The van der Waals surface area contributed by atoms with Gasteiger partial charge < -0.3 is 5.11 Å². The molecule has 0 spiro atoms. The van der Waals surface area contributed by atoms with E-state index in [1.165, 1.54) is 6.20 Å². The van der Waals surface area contributed by atoms with E-state index in [0.717, 1.165) is 0 Å². The van der Waals surface area contributed by atoms with Gasteiger partial charge in [0.25, 0.3) is 6.43 Å². The third-order valence-electron chi connectivity index (χ3n) is 1.67. The number of hydrogen-bond donors (Lipinski definition) is 1. The molecule has 1 heterocycles. The lowest BCUT2D eigenvalue weighted by atomic mass is 10.1. The highest BCUT2D eigenvalue weighted by Gasteiger charge is 2.21. The molecule has 15 heavy (non-hydrogen) atoms. The van der Waals surface area contributed by atoms with E-state index in [0.29, 0.717) is 0 Å². The predicted octanol–water partition coefficient (Wildman–Crippen LogP) is 3.01. The minimum Gasteiger partial charge on any atom is -0.481 e. The van der Waals surface area contributed by atoms with Gasteiger partial charge in [-0.25, -0.2) is 13.8 Å². The van der Waals surface area contributed by atoms with Gasteiger partial charge in [-0.2, -0.15) is 0 Å². The zero-order chi connectivity index (χ0) is 11.6. The molecule has 0 amide bonds. The summed E-state index contributed by atoms with van der Waals surface area (Å²) in [5.74, 6) is -1.16. The van der Waals surface area contributed by atoms with Gasteiger partial charge in [0.15, 0.2) is 0 Å². The van der Waals surface area contributed by atoms with Gasteiger partial charge in [0.05, 0.1) is 6.42 Å². The molecule has 0 atom stereocenters. The van der Waals surface area contributed by atoms with Crippen molar-refractivity contribution in [1.82, 2.24) is 4.98 Å². The molecule has 0 aromatic carbocycles. The highest BCUT2D eigenvalue weighted by molar-refractivity contribution is 14.1. The van der Waals surface area contributed by atoms with E-state index in [1.54, 1.807) is 22.6 Å². The standard InChI is InChI=1S/C8H5BrF2INO2/c9-4-2-13-8(12)3(1-5(14)15)6(4)7(10)11/h2,7H,1H2,(H,14,15). The topological polar surface area (TPSA) is 50.2 Å². The predicted molar refractivity (Wildman–Crippen MR) is 61.0 cm³/mol. The lowest BCUT2D eigenvalue weighted by Gasteiger charge is -2.10. The Morgan fingerprint density at radius 2 is 2.27 bits per heavy atom. The fourth-order valence-electron chi connectivity index (χ4n) is 1.07. The van der Waals surface area contributed by atoms with Crippen LogP contribution < -0.4 is 0 Å². The first-order valence-corrected chi connectivity index (χ1v) is 5.63. The Kier molecular flexibility index (Phi) is 4.38. The monoisotopic (exact) mass is 391 g/mol. The fourth-order valence-corrected chi connectivity index (χ4v) is 2.21. The van der Waals surface area contributed by atoms with Crippen LogP contribution in [0, 0.1) is 3.70 Å². The summed E-state index contributed by atoms with van der Waals surface area (Å²) in [5.41, 5.74) is -0.232. The number of carboxylic acids is 1. The molecule has 0 aliphatic carbocycles. The molecule has 1 aromatic rings. The molecular weight excluding hydrogens is 387 g/mol.